The van der Waals surface area contributed by atoms with E-state index in [-0.39, 0.29) is 0 Å². The van der Waals surface area contributed by atoms with Crippen molar-refractivity contribution in [3.05, 3.63) is 0 Å². The highest BCUT2D eigenvalue weighted by atomic mass is 16.5. The lowest BCUT2D eigenvalue weighted by Gasteiger charge is -2.47. The summed E-state index contributed by atoms with van der Waals surface area (Å²) in [6.07, 6.45) is 8.90. The van der Waals surface area contributed by atoms with Crippen LogP contribution in [-0.4, -0.2) is 48.8 Å². The molecule has 2 rings (SSSR count). The van der Waals surface area contributed by atoms with Crippen LogP contribution in [0.1, 0.15) is 66.2 Å². The highest BCUT2D eigenvalue weighted by molar-refractivity contribution is 4.93. The highest BCUT2D eigenvalue weighted by Crippen LogP contribution is 2.32. The molecule has 124 valence electrons. The van der Waals surface area contributed by atoms with Crippen molar-refractivity contribution in [2.24, 2.45) is 5.92 Å². The summed E-state index contributed by atoms with van der Waals surface area (Å²) in [7, 11) is 0. The zero-order chi connectivity index (χ0) is 15.2. The third-order valence-corrected chi connectivity index (χ3v) is 5.20. The van der Waals surface area contributed by atoms with Crippen LogP contribution in [0.15, 0.2) is 0 Å². The van der Waals surface area contributed by atoms with E-state index in [1.807, 2.05) is 0 Å². The van der Waals surface area contributed by atoms with Crippen LogP contribution in [0.4, 0.5) is 0 Å². The van der Waals surface area contributed by atoms with E-state index in [0.29, 0.717) is 18.2 Å². The van der Waals surface area contributed by atoms with E-state index in [9.17, 15) is 0 Å². The van der Waals surface area contributed by atoms with E-state index >= 15 is 0 Å². The van der Waals surface area contributed by atoms with Crippen molar-refractivity contribution in [2.45, 2.75) is 90.5 Å². The Morgan fingerprint density at radius 3 is 2.38 bits per heavy atom. The second kappa shape index (κ2) is 8.50. The maximum atomic E-state index is 5.94. The molecule has 0 aromatic heterocycles. The number of nitrogens with one attached hydrogen (secondary N) is 1. The minimum absolute atomic E-state index is 0.382. The molecule has 1 aliphatic carbocycles. The van der Waals surface area contributed by atoms with E-state index < -0.39 is 0 Å². The van der Waals surface area contributed by atoms with Gasteiger partial charge in [0, 0.05) is 25.2 Å². The molecule has 1 aliphatic heterocycles. The van der Waals surface area contributed by atoms with E-state index in [2.05, 4.69) is 37.9 Å². The topological polar surface area (TPSA) is 24.5 Å². The lowest BCUT2D eigenvalue weighted by atomic mass is 9.79. The van der Waals surface area contributed by atoms with Crippen molar-refractivity contribution in [1.82, 2.24) is 10.2 Å². The smallest absolute Gasteiger partial charge is 0.0678 e. The summed E-state index contributed by atoms with van der Waals surface area (Å²) in [4.78, 5) is 2.73. The molecular weight excluding hydrogens is 260 g/mol. The molecule has 0 aromatic rings. The molecular formula is C18H36N2O. The zero-order valence-electron chi connectivity index (χ0n) is 14.6. The first-order valence-corrected chi connectivity index (χ1v) is 9.26. The Balaban J connectivity index is 2.00. The van der Waals surface area contributed by atoms with Crippen LogP contribution in [0.2, 0.25) is 0 Å². The second-order valence-electron chi connectivity index (χ2n) is 7.31. The summed E-state index contributed by atoms with van der Waals surface area (Å²) in [5.74, 6) is 0.938. The zero-order valence-corrected chi connectivity index (χ0v) is 14.6. The molecule has 0 spiro atoms. The third-order valence-electron chi connectivity index (χ3n) is 5.20. The van der Waals surface area contributed by atoms with Crippen LogP contribution in [0.25, 0.3) is 0 Å². The molecule has 1 heterocycles. The monoisotopic (exact) mass is 296 g/mol. The Morgan fingerprint density at radius 2 is 1.76 bits per heavy atom. The van der Waals surface area contributed by atoms with Gasteiger partial charge in [0.25, 0.3) is 0 Å². The molecule has 5 unspecified atom stereocenters. The molecule has 0 radical (unpaired) electrons. The molecule has 5 atom stereocenters. The Hall–Kier alpha value is -0.120. The molecule has 1 saturated carbocycles. The summed E-state index contributed by atoms with van der Waals surface area (Å²) < 4.78 is 5.94. The van der Waals surface area contributed by atoms with Gasteiger partial charge in [-0.3, -0.25) is 4.90 Å². The summed E-state index contributed by atoms with van der Waals surface area (Å²) >= 11 is 0. The average molecular weight is 296 g/mol. The number of ether oxygens (including phenoxy) is 1. The van der Waals surface area contributed by atoms with E-state index in [1.54, 1.807) is 0 Å². The van der Waals surface area contributed by atoms with Gasteiger partial charge in [-0.05, 0) is 52.0 Å². The number of hydrogen-bond acceptors (Lipinski definition) is 3. The van der Waals surface area contributed by atoms with Crippen molar-refractivity contribution in [1.29, 1.82) is 0 Å². The van der Waals surface area contributed by atoms with Gasteiger partial charge in [0.05, 0.1) is 12.2 Å². The van der Waals surface area contributed by atoms with Gasteiger partial charge in [0.2, 0.25) is 0 Å². The molecule has 0 bridgehead atoms. The fourth-order valence-corrected chi connectivity index (χ4v) is 4.36. The van der Waals surface area contributed by atoms with Gasteiger partial charge < -0.3 is 10.1 Å². The summed E-state index contributed by atoms with van der Waals surface area (Å²) in [5.41, 5.74) is 0. The maximum absolute atomic E-state index is 5.94. The summed E-state index contributed by atoms with van der Waals surface area (Å²) in [5, 5.41) is 3.83. The predicted molar refractivity (Wildman–Crippen MR) is 89.7 cm³/mol. The molecule has 0 aromatic carbocycles. The normalized spacial score (nSPS) is 38.6. The van der Waals surface area contributed by atoms with Gasteiger partial charge in [-0.25, -0.2) is 0 Å². The standard InChI is InChI=1S/C18H36N2O/c1-5-7-16-8-9-17(19-10-6-2)18(11-16)20-12-14(3)21-15(4)13-20/h14-19H,5-13H2,1-4H3. The molecule has 2 fully saturated rings. The fourth-order valence-electron chi connectivity index (χ4n) is 4.36. The number of hydrogen-bond donors (Lipinski definition) is 1. The van der Waals surface area contributed by atoms with Crippen molar-refractivity contribution in [3.8, 4) is 0 Å². The number of nitrogens with zero attached hydrogens (tertiary/aromatic N) is 1. The van der Waals surface area contributed by atoms with Crippen molar-refractivity contribution in [2.75, 3.05) is 19.6 Å². The lowest BCUT2D eigenvalue weighted by molar-refractivity contribution is -0.0906. The third kappa shape index (κ3) is 4.94. The van der Waals surface area contributed by atoms with Crippen LogP contribution < -0.4 is 5.32 Å². The average Bonchev–Trinajstić information content (AvgIpc) is 2.45. The fraction of sp³-hybridized carbons (Fsp3) is 1.00. The molecule has 3 nitrogen and oxygen atoms in total. The maximum Gasteiger partial charge on any atom is 0.0678 e. The van der Waals surface area contributed by atoms with Gasteiger partial charge in [-0.1, -0.05) is 26.7 Å². The molecule has 3 heteroatoms. The summed E-state index contributed by atoms with van der Waals surface area (Å²) in [6, 6.07) is 1.41. The van der Waals surface area contributed by atoms with Gasteiger partial charge in [-0.15, -0.1) is 0 Å². The molecule has 1 saturated heterocycles. The first-order chi connectivity index (χ1) is 10.1. The minimum atomic E-state index is 0.382. The van der Waals surface area contributed by atoms with E-state index in [1.165, 1.54) is 38.5 Å². The van der Waals surface area contributed by atoms with Crippen LogP contribution in [-0.2, 0) is 4.74 Å². The molecule has 1 N–H and O–H groups in total. The number of rotatable bonds is 6. The quantitative estimate of drug-likeness (QED) is 0.812. The predicted octanol–water partition coefficient (Wildman–Crippen LogP) is 3.43. The van der Waals surface area contributed by atoms with Crippen molar-refractivity contribution < 1.29 is 4.74 Å². The Bertz CT molecular complexity index is 287. The molecule has 0 amide bonds. The van der Waals surface area contributed by atoms with Crippen molar-refractivity contribution >= 4 is 0 Å². The Kier molecular flexibility index (Phi) is 6.97. The Labute approximate surface area is 131 Å². The molecule has 2 aliphatic rings. The van der Waals surface area contributed by atoms with Gasteiger partial charge in [0.1, 0.15) is 0 Å². The van der Waals surface area contributed by atoms with Crippen LogP contribution in [0, 0.1) is 5.92 Å². The van der Waals surface area contributed by atoms with E-state index in [4.69, 9.17) is 4.74 Å². The van der Waals surface area contributed by atoms with Crippen LogP contribution in [0.5, 0.6) is 0 Å². The first-order valence-electron chi connectivity index (χ1n) is 9.26. The Morgan fingerprint density at radius 1 is 1.05 bits per heavy atom. The second-order valence-corrected chi connectivity index (χ2v) is 7.31. The van der Waals surface area contributed by atoms with Gasteiger partial charge in [-0.2, -0.15) is 0 Å². The minimum Gasteiger partial charge on any atom is -0.373 e. The molecule has 21 heavy (non-hydrogen) atoms. The van der Waals surface area contributed by atoms with Crippen LogP contribution >= 0.6 is 0 Å². The van der Waals surface area contributed by atoms with Crippen LogP contribution in [0.3, 0.4) is 0 Å². The SMILES string of the molecule is CCCNC1CCC(CCC)CC1N1CC(C)OC(C)C1. The van der Waals surface area contributed by atoms with E-state index in [0.717, 1.165) is 31.6 Å². The largest absolute Gasteiger partial charge is 0.373 e. The van der Waals surface area contributed by atoms with Gasteiger partial charge >= 0.3 is 0 Å². The first kappa shape index (κ1) is 17.2. The number of morpholine rings is 1. The van der Waals surface area contributed by atoms with Gasteiger partial charge in [0.15, 0.2) is 0 Å². The lowest BCUT2D eigenvalue weighted by Crippen LogP contribution is -2.58. The van der Waals surface area contributed by atoms with Crippen molar-refractivity contribution in [3.63, 3.8) is 0 Å². The summed E-state index contributed by atoms with van der Waals surface area (Å²) in [6.45, 7) is 12.4. The highest BCUT2D eigenvalue weighted by Gasteiger charge is 2.36.